The molecule has 2 aliphatic rings. The van der Waals surface area contributed by atoms with Crippen molar-refractivity contribution in [2.24, 2.45) is 0 Å². The number of halogens is 4. The maximum absolute atomic E-state index is 14.6. The molecule has 39 heavy (non-hydrogen) atoms. The van der Waals surface area contributed by atoms with Crippen molar-refractivity contribution in [1.82, 2.24) is 9.88 Å². The molecule has 208 valence electrons. The molecule has 2 N–H and O–H groups in total. The maximum atomic E-state index is 14.6. The van der Waals surface area contributed by atoms with E-state index in [1.54, 1.807) is 6.07 Å². The zero-order valence-electron chi connectivity index (χ0n) is 21.9. The number of carbonyl (C=O) groups is 2. The highest BCUT2D eigenvalue weighted by Gasteiger charge is 2.39. The fraction of sp³-hybridized carbons (Fsp3) is 0.321. The fourth-order valence-corrected chi connectivity index (χ4v) is 4.60. The number of para-hydroxylation sites is 1. The molecule has 1 aromatic heterocycles. The predicted molar refractivity (Wildman–Crippen MR) is 138 cm³/mol. The number of pyridine rings is 1. The minimum Gasteiger partial charge on any atom is -0.503 e. The topological polar surface area (TPSA) is 91.6 Å². The fourth-order valence-electron chi connectivity index (χ4n) is 4.60. The quantitative estimate of drug-likeness (QED) is 0.439. The van der Waals surface area contributed by atoms with Gasteiger partial charge in [-0.05, 0) is 24.5 Å². The van der Waals surface area contributed by atoms with Gasteiger partial charge in [-0.15, -0.1) is 0 Å². The molecule has 0 saturated heterocycles. The van der Waals surface area contributed by atoms with Gasteiger partial charge in [-0.25, -0.2) is 17.6 Å². The van der Waals surface area contributed by atoms with Gasteiger partial charge in [-0.2, -0.15) is 0 Å². The van der Waals surface area contributed by atoms with Crippen LogP contribution in [0.3, 0.4) is 0 Å². The number of aryl methyl sites for hydroxylation is 1. The van der Waals surface area contributed by atoms with E-state index in [0.29, 0.717) is 30.5 Å². The second kappa shape index (κ2) is 12.1. The van der Waals surface area contributed by atoms with Crippen molar-refractivity contribution in [3.05, 3.63) is 92.4 Å². The Morgan fingerprint density at radius 1 is 1.03 bits per heavy atom. The summed E-state index contributed by atoms with van der Waals surface area (Å²) in [5.74, 6) is -7.02. The minimum atomic E-state index is -1.22. The number of fused-ring (bicyclic) bond motifs is 6. The van der Waals surface area contributed by atoms with E-state index in [9.17, 15) is 37.1 Å². The summed E-state index contributed by atoms with van der Waals surface area (Å²) in [4.78, 5) is 39.8. The molecule has 2 aliphatic heterocycles. The van der Waals surface area contributed by atoms with Crippen LogP contribution in [0.2, 0.25) is 0 Å². The van der Waals surface area contributed by atoms with E-state index in [1.807, 2.05) is 27.7 Å². The number of aromatic nitrogens is 1. The van der Waals surface area contributed by atoms with Crippen LogP contribution in [-0.4, -0.2) is 28.0 Å². The monoisotopic (exact) mass is 547 g/mol. The standard InChI is InChI=1S/C24H17F4N3O4.2C2H6/c25-12-6-17(27)14(18(28)7-12)8-29-23(34)15-10-30-13-5-4-11-2-1-3-16(26)19(11)31(9-13)24(35)20(30)22(33)21(15)32;2*1-2/h1-3,6-7,10,13,33H,4-5,8-9H2,(H,29,34);2*1-2H3. The number of rotatable bonds is 3. The Labute approximate surface area is 222 Å². The van der Waals surface area contributed by atoms with Gasteiger partial charge in [-0.3, -0.25) is 14.4 Å². The molecule has 1 atom stereocenters. The van der Waals surface area contributed by atoms with Crippen LogP contribution in [0, 0.1) is 23.3 Å². The molecule has 2 aromatic carbocycles. The Morgan fingerprint density at radius 2 is 1.67 bits per heavy atom. The highest BCUT2D eigenvalue weighted by Crippen LogP contribution is 2.38. The molecule has 7 nitrogen and oxygen atoms in total. The highest BCUT2D eigenvalue weighted by atomic mass is 19.1. The molecular weight excluding hydrogens is 518 g/mol. The maximum Gasteiger partial charge on any atom is 0.279 e. The third-order valence-corrected chi connectivity index (χ3v) is 6.31. The average molecular weight is 548 g/mol. The van der Waals surface area contributed by atoms with Gasteiger partial charge < -0.3 is 19.9 Å². The minimum absolute atomic E-state index is 0.0507. The van der Waals surface area contributed by atoms with Gasteiger partial charge in [0.05, 0.1) is 11.7 Å². The third kappa shape index (κ3) is 5.39. The van der Waals surface area contributed by atoms with Crippen LogP contribution in [0.5, 0.6) is 5.75 Å². The zero-order valence-corrected chi connectivity index (χ0v) is 21.9. The normalized spacial score (nSPS) is 15.0. The lowest BCUT2D eigenvalue weighted by Crippen LogP contribution is -2.45. The van der Waals surface area contributed by atoms with Gasteiger partial charge in [0.15, 0.2) is 11.4 Å². The van der Waals surface area contributed by atoms with E-state index < -0.39 is 70.0 Å². The number of amides is 2. The number of benzene rings is 2. The summed E-state index contributed by atoms with van der Waals surface area (Å²) < 4.78 is 56.8. The van der Waals surface area contributed by atoms with Crippen LogP contribution < -0.4 is 15.6 Å². The second-order valence-electron chi connectivity index (χ2n) is 8.36. The largest absolute Gasteiger partial charge is 0.503 e. The van der Waals surface area contributed by atoms with Crippen molar-refractivity contribution >= 4 is 17.5 Å². The number of aromatic hydroxyl groups is 1. The van der Waals surface area contributed by atoms with Gasteiger partial charge in [0.25, 0.3) is 11.8 Å². The smallest absolute Gasteiger partial charge is 0.279 e. The lowest BCUT2D eigenvalue weighted by molar-refractivity contribution is 0.0928. The van der Waals surface area contributed by atoms with Crippen molar-refractivity contribution < 1.29 is 32.3 Å². The van der Waals surface area contributed by atoms with Gasteiger partial charge in [-0.1, -0.05) is 39.8 Å². The molecule has 2 amide bonds. The van der Waals surface area contributed by atoms with Crippen molar-refractivity contribution in [2.75, 3.05) is 11.4 Å². The zero-order chi connectivity index (χ0) is 29.0. The number of carbonyl (C=O) groups excluding carboxylic acids is 2. The molecule has 0 fully saturated rings. The molecule has 0 radical (unpaired) electrons. The molecule has 5 rings (SSSR count). The summed E-state index contributed by atoms with van der Waals surface area (Å²) >= 11 is 0. The lowest BCUT2D eigenvalue weighted by atomic mass is 10.0. The summed E-state index contributed by atoms with van der Waals surface area (Å²) in [5.41, 5.74) is -2.04. The molecule has 3 aromatic rings. The SMILES string of the molecule is CC.CC.O=C(NCc1c(F)cc(F)cc1F)c1cn2c(c(O)c1=O)C(=O)N1CC2CCc2cccc(F)c21. The van der Waals surface area contributed by atoms with Crippen LogP contribution in [0.4, 0.5) is 23.2 Å². The van der Waals surface area contributed by atoms with Gasteiger partial charge in [0.2, 0.25) is 5.43 Å². The van der Waals surface area contributed by atoms with E-state index in [-0.39, 0.29) is 17.9 Å². The molecule has 3 heterocycles. The molecule has 0 aliphatic carbocycles. The van der Waals surface area contributed by atoms with Crippen molar-refractivity contribution in [3.63, 3.8) is 0 Å². The Bertz CT molecular complexity index is 1450. The lowest BCUT2D eigenvalue weighted by Gasteiger charge is -2.35. The number of anilines is 1. The Morgan fingerprint density at radius 3 is 2.31 bits per heavy atom. The second-order valence-corrected chi connectivity index (χ2v) is 8.36. The van der Waals surface area contributed by atoms with Crippen LogP contribution in [-0.2, 0) is 13.0 Å². The molecular formula is C28H29F4N3O4. The predicted octanol–water partition coefficient (Wildman–Crippen LogP) is 5.24. The van der Waals surface area contributed by atoms with Crippen molar-refractivity contribution in [2.45, 2.75) is 53.1 Å². The number of hydrogen-bond donors (Lipinski definition) is 2. The Balaban J connectivity index is 0.00000100. The number of nitrogens with zero attached hydrogens (tertiary/aromatic N) is 2. The van der Waals surface area contributed by atoms with Crippen molar-refractivity contribution in [1.29, 1.82) is 0 Å². The summed E-state index contributed by atoms with van der Waals surface area (Å²) in [5, 5.41) is 12.8. The van der Waals surface area contributed by atoms with E-state index >= 15 is 0 Å². The van der Waals surface area contributed by atoms with E-state index in [2.05, 4.69) is 5.32 Å². The van der Waals surface area contributed by atoms with Crippen LogP contribution in [0.25, 0.3) is 0 Å². The number of hydrogen-bond acceptors (Lipinski definition) is 4. The first-order valence-electron chi connectivity index (χ1n) is 12.7. The van der Waals surface area contributed by atoms with Crippen LogP contribution in [0.1, 0.15) is 72.1 Å². The van der Waals surface area contributed by atoms with Crippen molar-refractivity contribution in [3.8, 4) is 5.75 Å². The molecule has 1 unspecified atom stereocenters. The number of nitrogens with one attached hydrogen (secondary N) is 1. The molecule has 11 heteroatoms. The first kappa shape index (κ1) is 29.4. The van der Waals surface area contributed by atoms with Gasteiger partial charge >= 0.3 is 0 Å². The summed E-state index contributed by atoms with van der Waals surface area (Å²) in [6, 6.07) is 4.85. The summed E-state index contributed by atoms with van der Waals surface area (Å²) in [6.45, 7) is 7.36. The Kier molecular flexibility index (Phi) is 9.15. The average Bonchev–Trinajstić information content (AvgIpc) is 3.09. The Hall–Kier alpha value is -4.15. The molecule has 0 saturated carbocycles. The summed E-state index contributed by atoms with van der Waals surface area (Å²) in [6.07, 6.45) is 1.93. The molecule has 0 spiro atoms. The van der Waals surface area contributed by atoms with E-state index in [1.165, 1.54) is 21.6 Å². The van der Waals surface area contributed by atoms with Crippen LogP contribution >= 0.6 is 0 Å². The third-order valence-electron chi connectivity index (χ3n) is 6.31. The molecule has 2 bridgehead atoms. The van der Waals surface area contributed by atoms with Crippen LogP contribution in [0.15, 0.2) is 41.3 Å². The first-order valence-corrected chi connectivity index (χ1v) is 12.7. The van der Waals surface area contributed by atoms with Gasteiger partial charge in [0, 0.05) is 37.0 Å². The van der Waals surface area contributed by atoms with E-state index in [4.69, 9.17) is 0 Å². The summed E-state index contributed by atoms with van der Waals surface area (Å²) in [7, 11) is 0. The first-order chi connectivity index (χ1) is 18.7. The van der Waals surface area contributed by atoms with E-state index in [0.717, 1.165) is 6.20 Å². The highest BCUT2D eigenvalue weighted by molar-refractivity contribution is 6.08. The van der Waals surface area contributed by atoms with Gasteiger partial charge in [0.1, 0.15) is 28.8 Å².